The normalized spacial score (nSPS) is 21.6. The van der Waals surface area contributed by atoms with Crippen LogP contribution in [0.25, 0.3) is 0 Å². The fraction of sp³-hybridized carbons (Fsp3) is 0.727. The van der Waals surface area contributed by atoms with E-state index in [-0.39, 0.29) is 23.9 Å². The average molecular weight is 247 g/mol. The highest BCUT2D eigenvalue weighted by Crippen LogP contribution is 2.23. The Morgan fingerprint density at radius 2 is 2.19 bits per heavy atom. The molecule has 1 fully saturated rings. The number of ether oxygens (including phenoxy) is 1. The van der Waals surface area contributed by atoms with E-state index in [4.69, 9.17) is 9.15 Å². The number of aromatic nitrogens is 1. The van der Waals surface area contributed by atoms with E-state index >= 15 is 0 Å². The van der Waals surface area contributed by atoms with Crippen molar-refractivity contribution in [3.63, 3.8) is 0 Å². The van der Waals surface area contributed by atoms with Crippen molar-refractivity contribution in [2.45, 2.75) is 32.2 Å². The highest BCUT2D eigenvalue weighted by atomic mass is 35.5. The number of hydrogen-bond acceptors (Lipinski definition) is 4. The van der Waals surface area contributed by atoms with Crippen LogP contribution in [0.15, 0.2) is 10.7 Å². The molecule has 2 rings (SSSR count). The molecule has 1 unspecified atom stereocenters. The largest absolute Gasteiger partial charge is 0.447 e. The first-order chi connectivity index (χ1) is 7.07. The van der Waals surface area contributed by atoms with Gasteiger partial charge in [-0.25, -0.2) is 4.98 Å². The van der Waals surface area contributed by atoms with Gasteiger partial charge in [0.25, 0.3) is 0 Å². The molecule has 0 saturated carbocycles. The Bertz CT molecular complexity index is 327. The molecule has 1 atom stereocenters. The molecule has 0 bridgehead atoms. The Morgan fingerprint density at radius 1 is 1.44 bits per heavy atom. The second kappa shape index (κ2) is 5.17. The lowest BCUT2D eigenvalue weighted by molar-refractivity contribution is 0.0681. The summed E-state index contributed by atoms with van der Waals surface area (Å²) in [4.78, 5) is 4.50. The summed E-state index contributed by atoms with van der Waals surface area (Å²) in [5.41, 5.74) is 1.03. The Balaban J connectivity index is 0.00000128. The van der Waals surface area contributed by atoms with Gasteiger partial charge in [-0.15, -0.1) is 12.4 Å². The lowest BCUT2D eigenvalue weighted by atomic mass is 9.93. The molecule has 0 amide bonds. The van der Waals surface area contributed by atoms with Crippen LogP contribution in [0, 0.1) is 0 Å². The van der Waals surface area contributed by atoms with Crippen molar-refractivity contribution >= 4 is 12.4 Å². The van der Waals surface area contributed by atoms with Crippen molar-refractivity contribution in [2.75, 3.05) is 19.8 Å². The summed E-state index contributed by atoms with van der Waals surface area (Å²) in [6.07, 6.45) is 1.74. The predicted octanol–water partition coefficient (Wildman–Crippen LogP) is 2.05. The summed E-state index contributed by atoms with van der Waals surface area (Å²) in [6, 6.07) is 0.106. The lowest BCUT2D eigenvalue weighted by Gasteiger charge is -2.21. The molecule has 0 radical (unpaired) electrons. The zero-order valence-electron chi connectivity index (χ0n) is 9.95. The summed E-state index contributed by atoms with van der Waals surface area (Å²) < 4.78 is 10.8. The molecule has 1 aliphatic heterocycles. The number of nitrogens with one attached hydrogen (secondary N) is 1. The van der Waals surface area contributed by atoms with E-state index in [0.29, 0.717) is 6.61 Å². The lowest BCUT2D eigenvalue weighted by Crippen LogP contribution is -2.34. The molecule has 1 saturated heterocycles. The zero-order valence-corrected chi connectivity index (χ0v) is 10.8. The van der Waals surface area contributed by atoms with Crippen molar-refractivity contribution in [2.24, 2.45) is 0 Å². The van der Waals surface area contributed by atoms with Gasteiger partial charge in [-0.1, -0.05) is 20.8 Å². The van der Waals surface area contributed by atoms with Gasteiger partial charge in [0.05, 0.1) is 18.9 Å². The molecule has 4 nitrogen and oxygen atoms in total. The smallest absolute Gasteiger partial charge is 0.213 e. The fourth-order valence-electron chi connectivity index (χ4n) is 1.52. The molecule has 1 aliphatic rings. The van der Waals surface area contributed by atoms with E-state index in [1.165, 1.54) is 0 Å². The van der Waals surface area contributed by atoms with Crippen LogP contribution in [-0.4, -0.2) is 24.7 Å². The third-order valence-electron chi connectivity index (χ3n) is 2.51. The third kappa shape index (κ3) is 2.97. The number of rotatable bonds is 1. The van der Waals surface area contributed by atoms with Gasteiger partial charge in [-0.2, -0.15) is 0 Å². The highest BCUT2D eigenvalue weighted by Gasteiger charge is 2.24. The third-order valence-corrected chi connectivity index (χ3v) is 2.51. The maximum atomic E-state index is 5.48. The minimum absolute atomic E-state index is 0. The van der Waals surface area contributed by atoms with E-state index in [0.717, 1.165) is 24.7 Å². The van der Waals surface area contributed by atoms with Gasteiger partial charge in [-0.3, -0.25) is 0 Å². The van der Waals surface area contributed by atoms with Crippen molar-refractivity contribution in [1.29, 1.82) is 0 Å². The van der Waals surface area contributed by atoms with Gasteiger partial charge < -0.3 is 14.5 Å². The maximum absolute atomic E-state index is 5.48. The molecule has 0 spiro atoms. The van der Waals surface area contributed by atoms with Gasteiger partial charge in [0, 0.05) is 12.0 Å². The number of oxazole rings is 1. The molecule has 5 heteroatoms. The van der Waals surface area contributed by atoms with E-state index in [1.54, 1.807) is 6.26 Å². The molecule has 92 valence electrons. The first-order valence-corrected chi connectivity index (χ1v) is 5.34. The molecule has 16 heavy (non-hydrogen) atoms. The minimum Gasteiger partial charge on any atom is -0.447 e. The monoisotopic (exact) mass is 246 g/mol. The first kappa shape index (κ1) is 13.5. The summed E-state index contributed by atoms with van der Waals surface area (Å²) in [5.74, 6) is 0.736. The van der Waals surface area contributed by atoms with Crippen molar-refractivity contribution in [1.82, 2.24) is 10.3 Å². The van der Waals surface area contributed by atoms with Crippen LogP contribution in [0.2, 0.25) is 0 Å². The van der Waals surface area contributed by atoms with Crippen LogP contribution >= 0.6 is 12.4 Å². The first-order valence-electron chi connectivity index (χ1n) is 5.34. The standard InChI is InChI=1S/C11H18N2O2.ClH/c1-11(2,3)9-7-15-10(13-9)8-6-14-5-4-12-8;/h7-8,12H,4-6H2,1-3H3;1H. The summed E-state index contributed by atoms with van der Waals surface area (Å²) in [7, 11) is 0. The molecule has 2 heterocycles. The van der Waals surface area contributed by atoms with E-state index in [2.05, 4.69) is 31.1 Å². The molecule has 1 N–H and O–H groups in total. The minimum atomic E-state index is 0. The van der Waals surface area contributed by atoms with Gasteiger partial charge in [0.2, 0.25) is 5.89 Å². The van der Waals surface area contributed by atoms with Crippen LogP contribution in [0.5, 0.6) is 0 Å². The van der Waals surface area contributed by atoms with Gasteiger partial charge in [0.1, 0.15) is 12.3 Å². The van der Waals surface area contributed by atoms with Gasteiger partial charge in [-0.05, 0) is 0 Å². The van der Waals surface area contributed by atoms with Crippen molar-refractivity contribution in [3.8, 4) is 0 Å². The Morgan fingerprint density at radius 3 is 2.69 bits per heavy atom. The van der Waals surface area contributed by atoms with Gasteiger partial charge in [0.15, 0.2) is 0 Å². The SMILES string of the molecule is CC(C)(C)c1coc(C2COCCN2)n1.Cl. The Labute approximate surface area is 102 Å². The molecule has 0 aromatic carbocycles. The number of morpholine rings is 1. The zero-order chi connectivity index (χ0) is 10.9. The Hall–Kier alpha value is -0.580. The molecule has 0 aliphatic carbocycles. The Kier molecular flexibility index (Phi) is 4.35. The van der Waals surface area contributed by atoms with Gasteiger partial charge >= 0.3 is 0 Å². The molecular formula is C11H19ClN2O2. The van der Waals surface area contributed by atoms with Crippen molar-refractivity contribution < 1.29 is 9.15 Å². The predicted molar refractivity (Wildman–Crippen MR) is 64.0 cm³/mol. The van der Waals surface area contributed by atoms with E-state index in [1.807, 2.05) is 0 Å². The summed E-state index contributed by atoms with van der Waals surface area (Å²) in [6.45, 7) is 8.64. The number of halogens is 1. The highest BCUT2D eigenvalue weighted by molar-refractivity contribution is 5.85. The summed E-state index contributed by atoms with van der Waals surface area (Å²) >= 11 is 0. The van der Waals surface area contributed by atoms with E-state index in [9.17, 15) is 0 Å². The average Bonchev–Trinajstić information content (AvgIpc) is 2.67. The summed E-state index contributed by atoms with van der Waals surface area (Å²) in [5, 5.41) is 3.32. The quantitative estimate of drug-likeness (QED) is 0.824. The van der Waals surface area contributed by atoms with Crippen molar-refractivity contribution in [3.05, 3.63) is 17.8 Å². The fourth-order valence-corrected chi connectivity index (χ4v) is 1.52. The second-order valence-electron chi connectivity index (χ2n) is 4.90. The topological polar surface area (TPSA) is 47.3 Å². The van der Waals surface area contributed by atoms with Crippen LogP contribution in [0.4, 0.5) is 0 Å². The molecule has 1 aromatic heterocycles. The van der Waals surface area contributed by atoms with Crippen LogP contribution in [0.1, 0.15) is 38.4 Å². The second-order valence-corrected chi connectivity index (χ2v) is 4.90. The van der Waals surface area contributed by atoms with Crippen LogP contribution in [0.3, 0.4) is 0 Å². The molecular weight excluding hydrogens is 228 g/mol. The van der Waals surface area contributed by atoms with Crippen LogP contribution < -0.4 is 5.32 Å². The van der Waals surface area contributed by atoms with Crippen LogP contribution in [-0.2, 0) is 10.2 Å². The van der Waals surface area contributed by atoms with E-state index < -0.39 is 0 Å². The maximum Gasteiger partial charge on any atom is 0.213 e. The number of nitrogens with zero attached hydrogens (tertiary/aromatic N) is 1. The number of hydrogen-bond donors (Lipinski definition) is 1. The molecule has 1 aromatic rings.